The summed E-state index contributed by atoms with van der Waals surface area (Å²) in [7, 11) is 0. The molecule has 2 aromatic carbocycles. The van der Waals surface area contributed by atoms with Gasteiger partial charge in [0, 0.05) is 23.0 Å². The maximum Gasteiger partial charge on any atom is 0.258 e. The van der Waals surface area contributed by atoms with Crippen LogP contribution in [0.15, 0.2) is 89.8 Å². The van der Waals surface area contributed by atoms with Crippen LogP contribution in [0.1, 0.15) is 54.2 Å². The molecule has 0 radical (unpaired) electrons. The van der Waals surface area contributed by atoms with Gasteiger partial charge in [0.2, 0.25) is 0 Å². The van der Waals surface area contributed by atoms with Crippen molar-refractivity contribution in [2.24, 2.45) is 0 Å². The van der Waals surface area contributed by atoms with Crippen LogP contribution in [0.5, 0.6) is 5.75 Å². The maximum atomic E-state index is 13.8. The summed E-state index contributed by atoms with van der Waals surface area (Å²) in [6.07, 6.45) is 5.67. The van der Waals surface area contributed by atoms with Crippen molar-refractivity contribution >= 4 is 17.2 Å². The molecular weight excluding hydrogens is 496 g/mol. The van der Waals surface area contributed by atoms with Gasteiger partial charge in [-0.15, -0.1) is 0 Å². The second kappa shape index (κ2) is 13.3. The molecular formula is C31H34N2O4S. The number of thiophene rings is 1. The minimum Gasteiger partial charge on any atom is -0.493 e. The fourth-order valence-corrected chi connectivity index (χ4v) is 4.91. The average molecular weight is 531 g/mol. The third-order valence-corrected chi connectivity index (χ3v) is 7.05. The van der Waals surface area contributed by atoms with Gasteiger partial charge in [0.25, 0.3) is 11.8 Å². The van der Waals surface area contributed by atoms with E-state index in [1.165, 1.54) is 0 Å². The van der Waals surface area contributed by atoms with Crippen LogP contribution in [0.3, 0.4) is 0 Å². The number of unbranched alkanes of at least 4 members (excludes halogenated alkanes) is 3. The summed E-state index contributed by atoms with van der Waals surface area (Å²) in [5.41, 5.74) is 3.58. The third kappa shape index (κ3) is 7.28. The number of nitrogens with zero attached hydrogens (tertiary/aromatic N) is 2. The largest absolute Gasteiger partial charge is 0.493 e. The van der Waals surface area contributed by atoms with Crippen molar-refractivity contribution in [2.45, 2.75) is 51.5 Å². The monoisotopic (exact) mass is 530 g/mol. The van der Waals surface area contributed by atoms with Crippen molar-refractivity contribution in [3.8, 4) is 16.9 Å². The average Bonchev–Trinajstić information content (AvgIpc) is 3.47. The number of amides is 1. The van der Waals surface area contributed by atoms with Gasteiger partial charge in [-0.2, -0.15) is 11.3 Å². The zero-order chi connectivity index (χ0) is 26.8. The summed E-state index contributed by atoms with van der Waals surface area (Å²) >= 11 is 1.61. The van der Waals surface area contributed by atoms with Crippen LogP contribution in [-0.2, 0) is 13.0 Å². The Morgan fingerprint density at radius 1 is 0.947 bits per heavy atom. The van der Waals surface area contributed by atoms with E-state index in [0.29, 0.717) is 29.2 Å². The lowest BCUT2D eigenvalue weighted by Gasteiger charge is -2.35. The minimum atomic E-state index is -2.48. The highest BCUT2D eigenvalue weighted by atomic mass is 32.1. The number of rotatable bonds is 13. The van der Waals surface area contributed by atoms with E-state index < -0.39 is 11.8 Å². The Morgan fingerprint density at radius 2 is 1.74 bits per heavy atom. The van der Waals surface area contributed by atoms with E-state index in [-0.39, 0.29) is 13.0 Å². The topological polar surface area (TPSA) is 82.9 Å². The molecule has 0 bridgehead atoms. The smallest absolute Gasteiger partial charge is 0.258 e. The Bertz CT molecular complexity index is 1280. The van der Waals surface area contributed by atoms with Crippen molar-refractivity contribution in [2.75, 3.05) is 6.61 Å². The van der Waals surface area contributed by atoms with Gasteiger partial charge in [0.1, 0.15) is 5.75 Å². The molecule has 0 unspecified atom stereocenters. The number of carbonyl (C=O) groups excluding carboxylic acids is 1. The maximum absolute atomic E-state index is 13.8. The van der Waals surface area contributed by atoms with Crippen LogP contribution in [0.2, 0.25) is 0 Å². The van der Waals surface area contributed by atoms with Gasteiger partial charge in [-0.25, -0.2) is 0 Å². The molecule has 6 nitrogen and oxygen atoms in total. The number of aromatic nitrogens is 1. The first-order valence-corrected chi connectivity index (χ1v) is 13.9. The molecule has 4 aromatic rings. The third-order valence-electron chi connectivity index (χ3n) is 6.36. The lowest BCUT2D eigenvalue weighted by atomic mass is 10.0. The molecule has 2 aromatic heterocycles. The Balaban J connectivity index is 1.60. The summed E-state index contributed by atoms with van der Waals surface area (Å²) in [5, 5.41) is 26.6. The van der Waals surface area contributed by atoms with Crippen LogP contribution in [0.25, 0.3) is 11.1 Å². The minimum absolute atomic E-state index is 0.0456. The number of benzene rings is 2. The lowest BCUT2D eigenvalue weighted by Crippen LogP contribution is -2.53. The molecule has 0 aliphatic rings. The van der Waals surface area contributed by atoms with E-state index in [1.54, 1.807) is 47.9 Å². The van der Waals surface area contributed by atoms with E-state index in [1.807, 2.05) is 53.2 Å². The summed E-state index contributed by atoms with van der Waals surface area (Å²) in [5.74, 6) is -2.35. The summed E-state index contributed by atoms with van der Waals surface area (Å²) in [6, 6.07) is 21.9. The number of hydrogen-bond acceptors (Lipinski definition) is 6. The van der Waals surface area contributed by atoms with Crippen molar-refractivity contribution < 1.29 is 19.7 Å². The Kier molecular flexibility index (Phi) is 9.65. The first-order chi connectivity index (χ1) is 18.5. The predicted molar refractivity (Wildman–Crippen MR) is 151 cm³/mol. The molecule has 7 heteroatoms. The number of hydrogen-bond donors (Lipinski definition) is 2. The van der Waals surface area contributed by atoms with E-state index in [9.17, 15) is 15.0 Å². The zero-order valence-electron chi connectivity index (χ0n) is 21.6. The Hall–Kier alpha value is -3.52. The van der Waals surface area contributed by atoms with Gasteiger partial charge >= 0.3 is 0 Å². The van der Waals surface area contributed by atoms with E-state index in [4.69, 9.17) is 4.74 Å². The van der Waals surface area contributed by atoms with Crippen LogP contribution < -0.4 is 4.74 Å². The standard InChI is InChI=1S/C31H34N2O4S/c1-2-3-4-9-19-37-29-12-6-5-10-26(29)22-33(31(35,36)21-28-11-7-8-18-32-28)30(34)25-15-13-24(14-16-25)27-17-20-38-23-27/h5-8,10-18,20,23,35-36H,2-4,9,19,21-22H2,1H3. The van der Waals surface area contributed by atoms with Gasteiger partial charge in [-0.3, -0.25) is 14.7 Å². The molecule has 0 fully saturated rings. The summed E-state index contributed by atoms with van der Waals surface area (Å²) in [4.78, 5) is 19.1. The Labute approximate surface area is 228 Å². The molecule has 2 heterocycles. The quantitative estimate of drug-likeness (QED) is 0.157. The number of pyridine rings is 1. The van der Waals surface area contributed by atoms with Crippen LogP contribution in [0.4, 0.5) is 0 Å². The van der Waals surface area contributed by atoms with Gasteiger partial charge in [0.15, 0.2) is 0 Å². The molecule has 0 saturated carbocycles. The van der Waals surface area contributed by atoms with Crippen molar-refractivity contribution in [1.82, 2.24) is 9.88 Å². The van der Waals surface area contributed by atoms with E-state index in [2.05, 4.69) is 11.9 Å². The highest BCUT2D eigenvalue weighted by Crippen LogP contribution is 2.28. The molecule has 0 aliphatic heterocycles. The highest BCUT2D eigenvalue weighted by Gasteiger charge is 2.37. The first-order valence-electron chi connectivity index (χ1n) is 13.0. The lowest BCUT2D eigenvalue weighted by molar-refractivity contribution is -0.247. The number of ether oxygens (including phenoxy) is 1. The van der Waals surface area contributed by atoms with E-state index in [0.717, 1.165) is 41.7 Å². The molecule has 0 saturated heterocycles. The molecule has 0 spiro atoms. The second-order valence-corrected chi connectivity index (χ2v) is 10.0. The van der Waals surface area contributed by atoms with E-state index >= 15 is 0 Å². The molecule has 2 N–H and O–H groups in total. The van der Waals surface area contributed by atoms with Crippen molar-refractivity contribution in [3.63, 3.8) is 0 Å². The molecule has 0 atom stereocenters. The van der Waals surface area contributed by atoms with Crippen LogP contribution in [-0.4, -0.2) is 38.5 Å². The molecule has 4 rings (SSSR count). The molecule has 38 heavy (non-hydrogen) atoms. The number of para-hydroxylation sites is 1. The van der Waals surface area contributed by atoms with Crippen molar-refractivity contribution in [3.05, 3.63) is 107 Å². The SMILES string of the molecule is CCCCCCOc1ccccc1CN(C(=O)c1ccc(-c2ccsc2)cc1)C(O)(O)Cc1ccccn1. The predicted octanol–water partition coefficient (Wildman–Crippen LogP) is 6.29. The van der Waals surface area contributed by atoms with Crippen LogP contribution in [0, 0.1) is 0 Å². The molecule has 1 amide bonds. The number of aliphatic hydroxyl groups is 2. The van der Waals surface area contributed by atoms with Gasteiger partial charge < -0.3 is 14.9 Å². The van der Waals surface area contributed by atoms with Crippen LogP contribution >= 0.6 is 11.3 Å². The summed E-state index contributed by atoms with van der Waals surface area (Å²) in [6.45, 7) is 2.68. The van der Waals surface area contributed by atoms with Gasteiger partial charge in [-0.05, 0) is 64.7 Å². The molecule has 198 valence electrons. The van der Waals surface area contributed by atoms with Crippen molar-refractivity contribution in [1.29, 1.82) is 0 Å². The fourth-order valence-electron chi connectivity index (χ4n) is 4.25. The molecule has 0 aliphatic carbocycles. The zero-order valence-corrected chi connectivity index (χ0v) is 22.4. The Morgan fingerprint density at radius 3 is 2.45 bits per heavy atom. The summed E-state index contributed by atoms with van der Waals surface area (Å²) < 4.78 is 6.05. The fraction of sp³-hybridized carbons (Fsp3) is 0.290. The number of carbonyl (C=O) groups is 1. The van der Waals surface area contributed by atoms with Gasteiger partial charge in [0.05, 0.1) is 19.6 Å². The highest BCUT2D eigenvalue weighted by molar-refractivity contribution is 7.08. The first kappa shape index (κ1) is 27.5. The second-order valence-electron chi connectivity index (χ2n) is 9.27. The van der Waals surface area contributed by atoms with Gasteiger partial charge in [-0.1, -0.05) is 62.6 Å². The normalized spacial score (nSPS) is 11.3.